The fourth-order valence-electron chi connectivity index (χ4n) is 3.05. The molecule has 0 saturated carbocycles. The van der Waals surface area contributed by atoms with E-state index in [2.05, 4.69) is 33.5 Å². The van der Waals surface area contributed by atoms with Crippen molar-refractivity contribution in [1.82, 2.24) is 9.97 Å². The molecule has 0 amide bonds. The van der Waals surface area contributed by atoms with Gasteiger partial charge in [0.2, 0.25) is 0 Å². The highest BCUT2D eigenvalue weighted by molar-refractivity contribution is 5.91. The minimum absolute atomic E-state index is 0.801. The van der Waals surface area contributed by atoms with E-state index < -0.39 is 0 Å². The molecule has 0 unspecified atom stereocenters. The van der Waals surface area contributed by atoms with Crippen molar-refractivity contribution in [2.45, 2.75) is 19.3 Å². The van der Waals surface area contributed by atoms with Crippen LogP contribution in [0.5, 0.6) is 5.75 Å². The zero-order chi connectivity index (χ0) is 14.9. The molecule has 0 atom stereocenters. The number of fused-ring (bicyclic) bond motifs is 2. The molecule has 4 rings (SSSR count). The molecule has 0 radical (unpaired) electrons. The SMILES string of the molecule is COc1ccc2c(Nc3ccc4c(c3)CCC4)ncnc2c1. The van der Waals surface area contributed by atoms with E-state index >= 15 is 0 Å². The molecule has 1 N–H and O–H groups in total. The average Bonchev–Trinajstić information content (AvgIpc) is 3.02. The fraction of sp³-hybridized carbons (Fsp3) is 0.222. The molecule has 4 heteroatoms. The summed E-state index contributed by atoms with van der Waals surface area (Å²) >= 11 is 0. The molecule has 1 aromatic heterocycles. The standard InChI is InChI=1S/C18H17N3O/c1-22-15-7-8-16-17(10-15)19-11-20-18(16)21-14-6-5-12-3-2-4-13(12)9-14/h5-11H,2-4H2,1H3,(H,19,20,21). The molecule has 1 aliphatic rings. The van der Waals surface area contributed by atoms with E-state index in [-0.39, 0.29) is 0 Å². The lowest BCUT2D eigenvalue weighted by Crippen LogP contribution is -1.97. The Morgan fingerprint density at radius 1 is 1.00 bits per heavy atom. The molecule has 0 saturated heterocycles. The van der Waals surface area contributed by atoms with Crippen LogP contribution in [0.1, 0.15) is 17.5 Å². The maximum absolute atomic E-state index is 5.25. The maximum Gasteiger partial charge on any atom is 0.141 e. The van der Waals surface area contributed by atoms with Gasteiger partial charge in [-0.3, -0.25) is 0 Å². The average molecular weight is 291 g/mol. The summed E-state index contributed by atoms with van der Waals surface area (Å²) in [7, 11) is 1.66. The number of nitrogens with one attached hydrogen (secondary N) is 1. The Kier molecular flexibility index (Phi) is 3.15. The van der Waals surface area contributed by atoms with Crippen molar-refractivity contribution in [2.75, 3.05) is 12.4 Å². The van der Waals surface area contributed by atoms with Crippen molar-refractivity contribution >= 4 is 22.4 Å². The van der Waals surface area contributed by atoms with Crippen LogP contribution >= 0.6 is 0 Å². The van der Waals surface area contributed by atoms with E-state index in [1.54, 1.807) is 13.4 Å². The summed E-state index contributed by atoms with van der Waals surface area (Å²) < 4.78 is 5.25. The van der Waals surface area contributed by atoms with Crippen LogP contribution in [0, 0.1) is 0 Å². The minimum Gasteiger partial charge on any atom is -0.497 e. The van der Waals surface area contributed by atoms with Crippen LogP contribution in [0.25, 0.3) is 10.9 Å². The smallest absolute Gasteiger partial charge is 0.141 e. The Labute approximate surface area is 129 Å². The Morgan fingerprint density at radius 3 is 2.82 bits per heavy atom. The summed E-state index contributed by atoms with van der Waals surface area (Å²) in [6, 6.07) is 12.4. The largest absolute Gasteiger partial charge is 0.497 e. The number of methoxy groups -OCH3 is 1. The number of hydrogen-bond acceptors (Lipinski definition) is 4. The Bertz CT molecular complexity index is 845. The molecule has 110 valence electrons. The van der Waals surface area contributed by atoms with Gasteiger partial charge in [0, 0.05) is 17.1 Å². The number of nitrogens with zero attached hydrogens (tertiary/aromatic N) is 2. The number of ether oxygens (including phenoxy) is 1. The lowest BCUT2D eigenvalue weighted by Gasteiger charge is -2.10. The number of aromatic nitrogens is 2. The minimum atomic E-state index is 0.801. The molecule has 1 aliphatic carbocycles. The molecule has 4 nitrogen and oxygen atoms in total. The topological polar surface area (TPSA) is 47.0 Å². The van der Waals surface area contributed by atoms with Gasteiger partial charge >= 0.3 is 0 Å². The van der Waals surface area contributed by atoms with Crippen LogP contribution in [0.3, 0.4) is 0 Å². The molecule has 2 aromatic carbocycles. The number of benzene rings is 2. The molecule has 0 fully saturated rings. The van der Waals surface area contributed by atoms with Gasteiger partial charge in [-0.2, -0.15) is 0 Å². The third kappa shape index (κ3) is 2.26. The Balaban J connectivity index is 1.72. The van der Waals surface area contributed by atoms with Crippen molar-refractivity contribution in [3.05, 3.63) is 53.9 Å². The first-order valence-corrected chi connectivity index (χ1v) is 7.51. The first-order chi connectivity index (χ1) is 10.8. The van der Waals surface area contributed by atoms with Gasteiger partial charge in [0.1, 0.15) is 17.9 Å². The second-order valence-corrected chi connectivity index (χ2v) is 5.57. The molecule has 0 aliphatic heterocycles. The molecule has 22 heavy (non-hydrogen) atoms. The van der Waals surface area contributed by atoms with Crippen molar-refractivity contribution in [3.8, 4) is 5.75 Å². The fourth-order valence-corrected chi connectivity index (χ4v) is 3.05. The molecule has 3 aromatic rings. The highest BCUT2D eigenvalue weighted by Gasteiger charge is 2.11. The van der Waals surface area contributed by atoms with Gasteiger partial charge in [0.15, 0.2) is 0 Å². The van der Waals surface area contributed by atoms with Gasteiger partial charge < -0.3 is 10.1 Å². The first-order valence-electron chi connectivity index (χ1n) is 7.51. The number of anilines is 2. The summed E-state index contributed by atoms with van der Waals surface area (Å²) in [4.78, 5) is 8.71. The summed E-state index contributed by atoms with van der Waals surface area (Å²) in [5.41, 5.74) is 4.88. The lowest BCUT2D eigenvalue weighted by molar-refractivity contribution is 0.415. The zero-order valence-electron chi connectivity index (χ0n) is 12.5. The highest BCUT2D eigenvalue weighted by atomic mass is 16.5. The quantitative estimate of drug-likeness (QED) is 0.795. The monoisotopic (exact) mass is 291 g/mol. The van der Waals surface area contributed by atoms with Crippen LogP contribution in [0.4, 0.5) is 11.5 Å². The molecule has 1 heterocycles. The van der Waals surface area contributed by atoms with Crippen molar-refractivity contribution in [1.29, 1.82) is 0 Å². The summed E-state index contributed by atoms with van der Waals surface area (Å²) in [6.45, 7) is 0. The molecular weight excluding hydrogens is 274 g/mol. The third-order valence-corrected chi connectivity index (χ3v) is 4.20. The van der Waals surface area contributed by atoms with E-state index in [9.17, 15) is 0 Å². The van der Waals surface area contributed by atoms with E-state index in [0.29, 0.717) is 0 Å². The summed E-state index contributed by atoms with van der Waals surface area (Å²) in [5, 5.41) is 4.41. The second-order valence-electron chi connectivity index (χ2n) is 5.57. The summed E-state index contributed by atoms with van der Waals surface area (Å²) in [6.07, 6.45) is 5.21. The van der Waals surface area contributed by atoms with Crippen molar-refractivity contribution in [3.63, 3.8) is 0 Å². The lowest BCUT2D eigenvalue weighted by atomic mass is 10.1. The van der Waals surface area contributed by atoms with Gasteiger partial charge in [0.05, 0.1) is 12.6 Å². The Hall–Kier alpha value is -2.62. The van der Waals surface area contributed by atoms with E-state index in [0.717, 1.165) is 28.2 Å². The highest BCUT2D eigenvalue weighted by Crippen LogP contribution is 2.29. The Morgan fingerprint density at radius 2 is 1.91 bits per heavy atom. The molecule has 0 bridgehead atoms. The van der Waals surface area contributed by atoms with Crippen LogP contribution in [-0.4, -0.2) is 17.1 Å². The van der Waals surface area contributed by atoms with Gasteiger partial charge in [0.25, 0.3) is 0 Å². The van der Waals surface area contributed by atoms with Crippen molar-refractivity contribution < 1.29 is 4.74 Å². The van der Waals surface area contributed by atoms with Crippen LogP contribution in [-0.2, 0) is 12.8 Å². The van der Waals surface area contributed by atoms with Gasteiger partial charge in [-0.15, -0.1) is 0 Å². The van der Waals surface area contributed by atoms with Crippen LogP contribution in [0.15, 0.2) is 42.7 Å². The predicted octanol–water partition coefficient (Wildman–Crippen LogP) is 3.87. The van der Waals surface area contributed by atoms with Gasteiger partial charge in [-0.05, 0) is 54.7 Å². The third-order valence-electron chi connectivity index (χ3n) is 4.20. The number of hydrogen-bond donors (Lipinski definition) is 1. The van der Waals surface area contributed by atoms with E-state index in [1.807, 2.05) is 18.2 Å². The molecule has 0 spiro atoms. The normalized spacial score (nSPS) is 13.1. The van der Waals surface area contributed by atoms with Crippen LogP contribution < -0.4 is 10.1 Å². The zero-order valence-corrected chi connectivity index (χ0v) is 12.5. The van der Waals surface area contributed by atoms with E-state index in [1.165, 1.54) is 30.4 Å². The van der Waals surface area contributed by atoms with Crippen molar-refractivity contribution in [2.24, 2.45) is 0 Å². The van der Waals surface area contributed by atoms with E-state index in [4.69, 9.17) is 4.74 Å². The second kappa shape index (κ2) is 5.30. The number of aryl methyl sites for hydroxylation is 2. The van der Waals surface area contributed by atoms with Gasteiger partial charge in [-0.1, -0.05) is 6.07 Å². The predicted molar refractivity (Wildman–Crippen MR) is 87.8 cm³/mol. The first kappa shape index (κ1) is 13.1. The van der Waals surface area contributed by atoms with Gasteiger partial charge in [-0.25, -0.2) is 9.97 Å². The summed E-state index contributed by atoms with van der Waals surface area (Å²) in [5.74, 6) is 1.63. The van der Waals surface area contributed by atoms with Crippen LogP contribution in [0.2, 0.25) is 0 Å². The number of rotatable bonds is 3. The maximum atomic E-state index is 5.25. The molecular formula is C18H17N3O.